The number of primary amides is 1. The molecule has 13 heteroatoms. The van der Waals surface area contributed by atoms with Crippen LogP contribution in [0, 0.1) is 6.92 Å². The van der Waals surface area contributed by atoms with Gasteiger partial charge in [0.25, 0.3) is 11.8 Å². The number of fused-ring (bicyclic) bond motifs is 2. The van der Waals surface area contributed by atoms with Crippen LogP contribution in [-0.2, 0) is 0 Å². The highest BCUT2D eigenvalue weighted by Crippen LogP contribution is 2.42. The molecule has 6 rings (SSSR count). The van der Waals surface area contributed by atoms with Gasteiger partial charge < -0.3 is 46.3 Å². The number of aliphatic hydroxyl groups is 1. The summed E-state index contributed by atoms with van der Waals surface area (Å²) in [7, 11) is 3.45. The van der Waals surface area contributed by atoms with Gasteiger partial charge in [0.2, 0.25) is 0 Å². The lowest BCUT2D eigenvalue weighted by Gasteiger charge is -2.28. The number of amides is 2. The Bertz CT molecular complexity index is 2200. The first-order chi connectivity index (χ1) is 27.0. The van der Waals surface area contributed by atoms with Gasteiger partial charge in [-0.25, -0.2) is 0 Å². The molecule has 7 N–H and O–H groups in total. The molecule has 5 aromatic rings. The summed E-state index contributed by atoms with van der Waals surface area (Å²) in [4.78, 5) is 34.2. The lowest BCUT2D eigenvalue weighted by Crippen LogP contribution is -2.32. The number of unbranched alkanes of at least 4 members (excludes halogenated alkanes) is 3. The number of nitrogens with zero attached hydrogens (tertiary/aromatic N) is 2. The highest BCUT2D eigenvalue weighted by Gasteiger charge is 2.25. The summed E-state index contributed by atoms with van der Waals surface area (Å²) in [5.74, 6) is 0.880. The molecule has 0 fully saturated rings. The average molecular weight is 779 g/mol. The van der Waals surface area contributed by atoms with Crippen molar-refractivity contribution in [2.75, 3.05) is 51.0 Å². The topological polar surface area (TPSA) is 171 Å². The second-order valence-electron chi connectivity index (χ2n) is 14.1. The van der Waals surface area contributed by atoms with Gasteiger partial charge in [-0.2, -0.15) is 0 Å². The first kappa shape index (κ1) is 40.2. The molecule has 1 aliphatic rings. The van der Waals surface area contributed by atoms with Crippen molar-refractivity contribution in [1.82, 2.24) is 15.2 Å². The highest BCUT2D eigenvalue weighted by molar-refractivity contribution is 7.99. The van der Waals surface area contributed by atoms with Gasteiger partial charge in [0.05, 0.1) is 23.9 Å². The molecule has 56 heavy (non-hydrogen) atoms. The molecular weight excluding hydrogens is 729 g/mol. The van der Waals surface area contributed by atoms with E-state index in [9.17, 15) is 19.8 Å². The number of carbonyl (C=O) groups excluding carboxylic acids is 2. The maximum Gasteiger partial charge on any atom is 0.253 e. The smallest absolute Gasteiger partial charge is 0.253 e. The summed E-state index contributed by atoms with van der Waals surface area (Å²) in [6.07, 6.45) is 4.66. The number of rotatable bonds is 17. The van der Waals surface area contributed by atoms with E-state index in [4.69, 9.17) is 15.2 Å². The number of aliphatic hydroxyl groups excluding tert-OH is 1. The van der Waals surface area contributed by atoms with E-state index in [1.807, 2.05) is 74.6 Å². The Hall–Kier alpha value is -5.50. The molecule has 1 aliphatic heterocycles. The van der Waals surface area contributed by atoms with E-state index in [2.05, 4.69) is 33.9 Å². The predicted octanol–water partition coefficient (Wildman–Crippen LogP) is 7.40. The molecule has 2 unspecified atom stereocenters. The lowest BCUT2D eigenvalue weighted by atomic mass is 9.98. The summed E-state index contributed by atoms with van der Waals surface area (Å²) < 4.78 is 11.1. The Labute approximate surface area is 331 Å². The van der Waals surface area contributed by atoms with Gasteiger partial charge in [-0.05, 0) is 86.3 Å². The van der Waals surface area contributed by atoms with Crippen molar-refractivity contribution >= 4 is 51.5 Å². The second kappa shape index (κ2) is 18.4. The Balaban J connectivity index is 1.00. The third-order valence-electron chi connectivity index (χ3n) is 9.84. The van der Waals surface area contributed by atoms with Crippen LogP contribution in [0.2, 0.25) is 0 Å². The first-order valence-corrected chi connectivity index (χ1v) is 19.7. The number of nitrogens with two attached hydrogens (primary N) is 1. The third kappa shape index (κ3) is 9.65. The van der Waals surface area contributed by atoms with Crippen molar-refractivity contribution in [1.29, 1.82) is 0 Å². The number of phenols is 1. The minimum atomic E-state index is -0.845. The van der Waals surface area contributed by atoms with Crippen molar-refractivity contribution in [3.8, 4) is 17.2 Å². The number of aromatic nitrogens is 1. The molecule has 0 saturated carbocycles. The number of anilines is 3. The lowest BCUT2D eigenvalue weighted by molar-refractivity contribution is 0.0792. The summed E-state index contributed by atoms with van der Waals surface area (Å²) in [6.45, 7) is 6.52. The van der Waals surface area contributed by atoms with Crippen LogP contribution in [0.4, 0.5) is 17.1 Å². The van der Waals surface area contributed by atoms with Gasteiger partial charge in [-0.15, -0.1) is 0 Å². The van der Waals surface area contributed by atoms with Gasteiger partial charge in [0.15, 0.2) is 6.23 Å². The van der Waals surface area contributed by atoms with Crippen LogP contribution in [0.25, 0.3) is 10.9 Å². The van der Waals surface area contributed by atoms with Crippen LogP contribution in [0.5, 0.6) is 17.2 Å². The molecule has 0 aliphatic carbocycles. The minimum absolute atomic E-state index is 0.0250. The number of methoxy groups -OCH3 is 1. The quantitative estimate of drug-likeness (QED) is 0.0411. The predicted molar refractivity (Wildman–Crippen MR) is 222 cm³/mol. The Kier molecular flexibility index (Phi) is 13.2. The SMILES string of the molecule is COc1cccc(Nc2c(C(N)=O)cnc3c(C)cc(Sc4cccc(C(=O)N(C)CCCCCCNCC(C)c5ccc(O)c6c5OCC(O)N6)c4)cc23)c1. The number of benzene rings is 4. The molecule has 0 saturated heterocycles. The Morgan fingerprint density at radius 3 is 2.68 bits per heavy atom. The van der Waals surface area contributed by atoms with E-state index in [0.717, 1.165) is 76.3 Å². The average Bonchev–Trinajstić information content (AvgIpc) is 3.19. The molecule has 1 aromatic heterocycles. The van der Waals surface area contributed by atoms with E-state index in [1.54, 1.807) is 18.1 Å². The van der Waals surface area contributed by atoms with Gasteiger partial charge >= 0.3 is 0 Å². The standard InChI is InChI=1S/C43H50N6O6S/c1-26-19-32(22-34-38(26)46-24-35(42(44)52)39(34)47-29-12-10-13-30(21-29)54-4)56-31-14-9-11-28(20-31)43(53)49(3)18-8-6-5-7-17-45-23-27(2)33-15-16-36(50)40-41(33)55-25-37(51)48-40/h9-16,19-22,24,27,37,45,48,50-51H,5-8,17-18,23,25H2,1-4H3,(H2,44,52)(H,46,47). The zero-order chi connectivity index (χ0) is 39.8. The van der Waals surface area contributed by atoms with Crippen molar-refractivity contribution in [2.24, 2.45) is 5.73 Å². The van der Waals surface area contributed by atoms with Crippen molar-refractivity contribution in [3.63, 3.8) is 0 Å². The number of hydrogen-bond donors (Lipinski definition) is 6. The van der Waals surface area contributed by atoms with E-state index >= 15 is 0 Å². The number of carbonyl (C=O) groups is 2. The summed E-state index contributed by atoms with van der Waals surface area (Å²) in [5, 5.41) is 30.6. The van der Waals surface area contributed by atoms with Gasteiger partial charge in [-0.3, -0.25) is 14.6 Å². The fourth-order valence-corrected chi connectivity index (χ4v) is 7.86. The Morgan fingerprint density at radius 2 is 1.88 bits per heavy atom. The van der Waals surface area contributed by atoms with Crippen LogP contribution in [0.3, 0.4) is 0 Å². The van der Waals surface area contributed by atoms with Crippen LogP contribution in [0.1, 0.15) is 70.4 Å². The first-order valence-electron chi connectivity index (χ1n) is 18.8. The molecule has 294 valence electrons. The zero-order valence-electron chi connectivity index (χ0n) is 32.2. The van der Waals surface area contributed by atoms with Gasteiger partial charge in [-0.1, -0.05) is 49.7 Å². The molecule has 0 radical (unpaired) electrons. The normalized spacial score (nSPS) is 14.0. The summed E-state index contributed by atoms with van der Waals surface area (Å²) in [6, 6.07) is 22.7. The van der Waals surface area contributed by atoms with Crippen LogP contribution >= 0.6 is 11.8 Å². The van der Waals surface area contributed by atoms with Crippen molar-refractivity contribution in [2.45, 2.75) is 61.5 Å². The monoisotopic (exact) mass is 778 g/mol. The molecule has 2 amide bonds. The van der Waals surface area contributed by atoms with Gasteiger partial charge in [0.1, 0.15) is 29.5 Å². The molecular formula is C43H50N6O6S. The molecule has 0 spiro atoms. The third-order valence-corrected chi connectivity index (χ3v) is 10.8. The van der Waals surface area contributed by atoms with E-state index in [-0.39, 0.29) is 29.7 Å². The number of hydrogen-bond acceptors (Lipinski definition) is 11. The van der Waals surface area contributed by atoms with Crippen LogP contribution in [0.15, 0.2) is 88.8 Å². The molecule has 12 nitrogen and oxygen atoms in total. The fourth-order valence-electron chi connectivity index (χ4n) is 6.85. The van der Waals surface area contributed by atoms with E-state index in [1.165, 1.54) is 18.0 Å². The minimum Gasteiger partial charge on any atom is -0.506 e. The molecule has 0 bridgehead atoms. The van der Waals surface area contributed by atoms with Crippen LogP contribution in [-0.4, -0.2) is 78.5 Å². The van der Waals surface area contributed by atoms with Crippen molar-refractivity contribution < 1.29 is 29.3 Å². The Morgan fingerprint density at radius 1 is 1.07 bits per heavy atom. The number of ether oxygens (including phenoxy) is 2. The van der Waals surface area contributed by atoms with Crippen LogP contribution < -0.4 is 31.2 Å². The molecule has 2 atom stereocenters. The summed E-state index contributed by atoms with van der Waals surface area (Å²) >= 11 is 1.54. The largest absolute Gasteiger partial charge is 0.506 e. The second-order valence-corrected chi connectivity index (χ2v) is 15.3. The fraction of sp³-hybridized carbons (Fsp3) is 0.326. The highest BCUT2D eigenvalue weighted by atomic mass is 32.2. The molecule has 2 heterocycles. The number of aryl methyl sites for hydroxylation is 1. The van der Waals surface area contributed by atoms with E-state index < -0.39 is 12.1 Å². The van der Waals surface area contributed by atoms with Crippen molar-refractivity contribution in [3.05, 3.63) is 101 Å². The van der Waals surface area contributed by atoms with E-state index in [0.29, 0.717) is 35.0 Å². The zero-order valence-corrected chi connectivity index (χ0v) is 33.0. The number of pyridine rings is 1. The number of phenolic OH excluding ortho intramolecular Hbond substituents is 1. The summed E-state index contributed by atoms with van der Waals surface area (Å²) in [5.41, 5.74) is 11.1. The maximum atomic E-state index is 13.5. The number of nitrogens with one attached hydrogen (secondary N) is 3. The molecule has 4 aromatic carbocycles. The maximum absolute atomic E-state index is 13.5. The number of aromatic hydroxyl groups is 1. The van der Waals surface area contributed by atoms with Gasteiger partial charge in [0, 0.05) is 64.4 Å².